The quantitative estimate of drug-likeness (QED) is 0.588. The molecular weight excluding hydrogens is 388 g/mol. The van der Waals surface area contributed by atoms with Crippen LogP contribution in [0.5, 0.6) is 5.75 Å². The third-order valence-corrected chi connectivity index (χ3v) is 6.66. The molecule has 2 rings (SSSR count). The molecule has 0 aliphatic rings. The largest absolute Gasteiger partial charge is 0.497 e. The lowest BCUT2D eigenvalue weighted by Crippen LogP contribution is -2.30. The van der Waals surface area contributed by atoms with Crippen molar-refractivity contribution in [3.05, 3.63) is 65.7 Å². The Balaban J connectivity index is 2.02. The predicted octanol–water partition coefficient (Wildman–Crippen LogP) is 3.40. The number of likely N-dealkylation sites (N-methyl/N-ethyl adjacent to an activating group) is 1. The highest BCUT2D eigenvalue weighted by Gasteiger charge is 2.20. The van der Waals surface area contributed by atoms with E-state index in [1.165, 1.54) is 10.4 Å². The topological polar surface area (TPSA) is 66.9 Å². The third kappa shape index (κ3) is 5.92. The molecule has 0 N–H and O–H groups in total. The Kier molecular flexibility index (Phi) is 7.99. The summed E-state index contributed by atoms with van der Waals surface area (Å²) < 4.78 is 31.6. The molecule has 0 heterocycles. The fraction of sp³-hybridized carbons (Fsp3) is 0.318. The van der Waals surface area contributed by atoms with Gasteiger partial charge in [-0.05, 0) is 41.5 Å². The number of ether oxygens (including phenoxy) is 1. The van der Waals surface area contributed by atoms with Crippen molar-refractivity contribution in [2.75, 3.05) is 27.2 Å². The molecule has 0 bridgehead atoms. The van der Waals surface area contributed by atoms with Crippen LogP contribution in [-0.4, -0.2) is 50.8 Å². The molecule has 0 saturated carbocycles. The van der Waals surface area contributed by atoms with Crippen LogP contribution in [0.4, 0.5) is 0 Å². The van der Waals surface area contributed by atoms with Gasteiger partial charge in [0.25, 0.3) is 0 Å². The van der Waals surface area contributed by atoms with Crippen molar-refractivity contribution in [2.24, 2.45) is 0 Å². The van der Waals surface area contributed by atoms with Crippen LogP contribution in [0.3, 0.4) is 0 Å². The Morgan fingerprint density at radius 1 is 1.00 bits per heavy atom. The summed E-state index contributed by atoms with van der Waals surface area (Å²) in [6.07, 6.45) is 3.16. The van der Waals surface area contributed by atoms with Crippen LogP contribution >= 0.6 is 0 Å². The molecule has 0 aliphatic carbocycles. The molecule has 0 fully saturated rings. The van der Waals surface area contributed by atoms with Gasteiger partial charge in [0, 0.05) is 32.8 Å². The van der Waals surface area contributed by atoms with Gasteiger partial charge in [-0.3, -0.25) is 4.79 Å². The van der Waals surface area contributed by atoms with Crippen LogP contribution in [-0.2, 0) is 21.4 Å². The minimum Gasteiger partial charge on any atom is -0.497 e. The van der Waals surface area contributed by atoms with Gasteiger partial charge in [0.05, 0.1) is 12.0 Å². The molecule has 1 amide bonds. The van der Waals surface area contributed by atoms with Gasteiger partial charge in [-0.1, -0.05) is 38.1 Å². The number of carbonyl (C=O) groups excluding carboxylic acids is 1. The molecule has 29 heavy (non-hydrogen) atoms. The lowest BCUT2D eigenvalue weighted by atomic mass is 10.2. The number of nitrogens with zero attached hydrogens (tertiary/aromatic N) is 2. The van der Waals surface area contributed by atoms with Gasteiger partial charge in [-0.15, -0.1) is 0 Å². The predicted molar refractivity (Wildman–Crippen MR) is 115 cm³/mol. The molecule has 0 aromatic heterocycles. The first-order valence-corrected chi connectivity index (χ1v) is 10.9. The van der Waals surface area contributed by atoms with Gasteiger partial charge in [-0.2, -0.15) is 4.31 Å². The zero-order valence-corrected chi connectivity index (χ0v) is 18.1. The van der Waals surface area contributed by atoms with Gasteiger partial charge in [0.1, 0.15) is 5.75 Å². The first kappa shape index (κ1) is 22.6. The number of rotatable bonds is 9. The van der Waals surface area contributed by atoms with Gasteiger partial charge < -0.3 is 9.64 Å². The first-order valence-electron chi connectivity index (χ1n) is 9.48. The van der Waals surface area contributed by atoms with Gasteiger partial charge >= 0.3 is 0 Å². The lowest BCUT2D eigenvalue weighted by molar-refractivity contribution is -0.125. The smallest absolute Gasteiger partial charge is 0.246 e. The van der Waals surface area contributed by atoms with E-state index in [-0.39, 0.29) is 10.8 Å². The number of hydrogen-bond acceptors (Lipinski definition) is 4. The number of sulfonamides is 1. The molecule has 0 unspecified atom stereocenters. The molecule has 0 radical (unpaired) electrons. The first-order chi connectivity index (χ1) is 13.8. The van der Waals surface area contributed by atoms with Crippen molar-refractivity contribution in [2.45, 2.75) is 25.3 Å². The van der Waals surface area contributed by atoms with Gasteiger partial charge in [0.2, 0.25) is 15.9 Å². The average molecular weight is 417 g/mol. The van der Waals surface area contributed by atoms with Crippen molar-refractivity contribution in [3.63, 3.8) is 0 Å². The summed E-state index contributed by atoms with van der Waals surface area (Å²) in [7, 11) is -0.132. The number of benzene rings is 2. The van der Waals surface area contributed by atoms with E-state index in [1.807, 2.05) is 38.1 Å². The van der Waals surface area contributed by atoms with Crippen molar-refractivity contribution in [1.82, 2.24) is 9.21 Å². The summed E-state index contributed by atoms with van der Waals surface area (Å²) in [5, 5.41) is 0. The van der Waals surface area contributed by atoms with E-state index in [2.05, 4.69) is 0 Å². The van der Waals surface area contributed by atoms with Crippen molar-refractivity contribution in [1.29, 1.82) is 0 Å². The maximum absolute atomic E-state index is 12.5. The summed E-state index contributed by atoms with van der Waals surface area (Å²) >= 11 is 0. The molecule has 0 saturated heterocycles. The monoisotopic (exact) mass is 416 g/mol. The third-order valence-electron chi connectivity index (χ3n) is 4.60. The highest BCUT2D eigenvalue weighted by atomic mass is 32.2. The second-order valence-corrected chi connectivity index (χ2v) is 8.47. The Labute approximate surface area is 173 Å². The molecule has 7 heteroatoms. The Morgan fingerprint density at radius 3 is 2.10 bits per heavy atom. The Hall–Kier alpha value is -2.64. The van der Waals surface area contributed by atoms with E-state index in [9.17, 15) is 13.2 Å². The van der Waals surface area contributed by atoms with Gasteiger partial charge in [0.15, 0.2) is 0 Å². The summed E-state index contributed by atoms with van der Waals surface area (Å²) in [6, 6.07) is 14.1. The van der Waals surface area contributed by atoms with Gasteiger partial charge in [-0.25, -0.2) is 8.42 Å². The van der Waals surface area contributed by atoms with Crippen molar-refractivity contribution >= 4 is 22.0 Å². The molecule has 0 spiro atoms. The zero-order chi connectivity index (χ0) is 21.4. The Bertz CT molecular complexity index is 932. The van der Waals surface area contributed by atoms with Crippen LogP contribution in [0.2, 0.25) is 0 Å². The molecule has 156 valence electrons. The number of hydrogen-bond donors (Lipinski definition) is 0. The molecule has 6 nitrogen and oxygen atoms in total. The van der Waals surface area contributed by atoms with E-state index in [0.29, 0.717) is 19.6 Å². The highest BCUT2D eigenvalue weighted by Crippen LogP contribution is 2.17. The van der Waals surface area contributed by atoms with Crippen LogP contribution in [0.15, 0.2) is 59.5 Å². The zero-order valence-electron chi connectivity index (χ0n) is 17.3. The number of amides is 1. The van der Waals surface area contributed by atoms with E-state index in [1.54, 1.807) is 49.4 Å². The van der Waals surface area contributed by atoms with Crippen LogP contribution in [0.1, 0.15) is 25.0 Å². The molecule has 2 aromatic rings. The minimum absolute atomic E-state index is 0.138. The highest BCUT2D eigenvalue weighted by molar-refractivity contribution is 7.89. The van der Waals surface area contributed by atoms with Crippen LogP contribution < -0.4 is 4.74 Å². The second kappa shape index (κ2) is 10.2. The normalized spacial score (nSPS) is 11.8. The molecule has 2 aromatic carbocycles. The van der Waals surface area contributed by atoms with E-state index < -0.39 is 10.0 Å². The van der Waals surface area contributed by atoms with Crippen LogP contribution in [0, 0.1) is 0 Å². The number of carbonyl (C=O) groups is 1. The molecule has 0 aliphatic heterocycles. The lowest BCUT2D eigenvalue weighted by Gasteiger charge is -2.18. The second-order valence-electron chi connectivity index (χ2n) is 6.53. The van der Waals surface area contributed by atoms with Crippen molar-refractivity contribution in [3.8, 4) is 5.75 Å². The standard InChI is InChI=1S/C22H28N2O4S/c1-5-24(6-2)29(26,27)21-14-9-18(10-15-21)11-16-22(25)23(3)17-19-7-12-20(28-4)13-8-19/h7-16H,5-6,17H2,1-4H3. The maximum Gasteiger partial charge on any atom is 0.246 e. The van der Waals surface area contributed by atoms with E-state index in [4.69, 9.17) is 4.74 Å². The number of methoxy groups -OCH3 is 1. The van der Waals surface area contributed by atoms with E-state index in [0.717, 1.165) is 16.9 Å². The summed E-state index contributed by atoms with van der Waals surface area (Å²) in [6.45, 7) is 4.96. The SMILES string of the molecule is CCN(CC)S(=O)(=O)c1ccc(C=CC(=O)N(C)Cc2ccc(OC)cc2)cc1. The summed E-state index contributed by atoms with van der Waals surface area (Å²) in [5.74, 6) is 0.634. The fourth-order valence-electron chi connectivity index (χ4n) is 2.84. The Morgan fingerprint density at radius 2 is 1.59 bits per heavy atom. The van der Waals surface area contributed by atoms with E-state index >= 15 is 0 Å². The fourth-order valence-corrected chi connectivity index (χ4v) is 4.30. The molecule has 0 atom stereocenters. The van der Waals surface area contributed by atoms with Crippen molar-refractivity contribution < 1.29 is 17.9 Å². The van der Waals surface area contributed by atoms with Crippen LogP contribution in [0.25, 0.3) is 6.08 Å². The summed E-state index contributed by atoms with van der Waals surface area (Å²) in [4.78, 5) is 14.2. The minimum atomic E-state index is -3.48. The molecular formula is C22H28N2O4S. The summed E-state index contributed by atoms with van der Waals surface area (Å²) in [5.41, 5.74) is 1.76. The maximum atomic E-state index is 12.5. The average Bonchev–Trinajstić information content (AvgIpc) is 2.73.